The summed E-state index contributed by atoms with van der Waals surface area (Å²) in [5, 5.41) is 10.7. The van der Waals surface area contributed by atoms with E-state index in [0.717, 1.165) is 53.7 Å². The molecule has 8 nitrogen and oxygen atoms in total. The van der Waals surface area contributed by atoms with E-state index in [1.165, 1.54) is 10.4 Å². The van der Waals surface area contributed by atoms with E-state index in [2.05, 4.69) is 52.4 Å². The van der Waals surface area contributed by atoms with Gasteiger partial charge in [0.2, 0.25) is 5.91 Å². The molecule has 0 N–H and O–H groups in total. The zero-order chi connectivity index (χ0) is 27.7. The average molecular weight is 566 g/mol. The van der Waals surface area contributed by atoms with Gasteiger partial charge in [-0.05, 0) is 50.8 Å². The second kappa shape index (κ2) is 11.6. The van der Waals surface area contributed by atoms with Gasteiger partial charge in [-0.3, -0.25) is 19.3 Å². The lowest BCUT2D eigenvalue weighted by molar-refractivity contribution is -0.132. The number of carbonyl (C=O) groups is 1. The largest absolute Gasteiger partial charge is 0.359 e. The first kappa shape index (κ1) is 27.5. The van der Waals surface area contributed by atoms with Gasteiger partial charge in [-0.2, -0.15) is 0 Å². The van der Waals surface area contributed by atoms with E-state index in [9.17, 15) is 4.79 Å². The minimum atomic E-state index is -0.445. The molecule has 0 bridgehead atoms. The Bertz CT molecular complexity index is 1400. The number of aryl methyl sites for hydroxylation is 2. The molecule has 206 valence electrons. The van der Waals surface area contributed by atoms with Gasteiger partial charge in [0.1, 0.15) is 16.9 Å². The highest BCUT2D eigenvalue weighted by molar-refractivity contribution is 7.15. The van der Waals surface area contributed by atoms with Crippen molar-refractivity contribution in [3.63, 3.8) is 0 Å². The van der Waals surface area contributed by atoms with Gasteiger partial charge in [-0.25, -0.2) is 0 Å². The molecule has 1 aromatic carbocycles. The molecule has 2 aliphatic heterocycles. The topological polar surface area (TPSA) is 79.0 Å². The third kappa shape index (κ3) is 5.79. The smallest absolute Gasteiger partial charge is 0.225 e. The van der Waals surface area contributed by atoms with Gasteiger partial charge in [0.05, 0.1) is 18.5 Å². The second-order valence-electron chi connectivity index (χ2n) is 10.7. The van der Waals surface area contributed by atoms with E-state index in [-0.39, 0.29) is 12.3 Å². The van der Waals surface area contributed by atoms with E-state index in [4.69, 9.17) is 16.6 Å². The molecule has 0 spiro atoms. The van der Waals surface area contributed by atoms with Crippen LogP contribution in [0.15, 0.2) is 34.3 Å². The van der Waals surface area contributed by atoms with Crippen LogP contribution in [0.4, 0.5) is 0 Å². The summed E-state index contributed by atoms with van der Waals surface area (Å²) in [6.07, 6.45) is 3.28. The van der Waals surface area contributed by atoms with Crippen LogP contribution < -0.4 is 0 Å². The SMILES string of the molecule is Cc1sc2c(c1C)C(c1ccc(Cl)cc1)=NC(CC(=O)N1CCN(C=NCCC(C)C)CC1)c1nnc(C)n1-2. The van der Waals surface area contributed by atoms with Gasteiger partial charge in [0.25, 0.3) is 0 Å². The van der Waals surface area contributed by atoms with Crippen molar-refractivity contribution in [2.75, 3.05) is 32.7 Å². The Hall–Kier alpha value is -3.04. The maximum atomic E-state index is 13.6. The van der Waals surface area contributed by atoms with Crippen LogP contribution in [-0.4, -0.2) is 75.2 Å². The molecule has 1 saturated heterocycles. The van der Waals surface area contributed by atoms with Crippen molar-refractivity contribution in [2.24, 2.45) is 15.9 Å². The Kier molecular flexibility index (Phi) is 8.19. The number of halogens is 1. The number of hydrogen-bond acceptors (Lipinski definition) is 6. The van der Waals surface area contributed by atoms with Crippen molar-refractivity contribution in [1.29, 1.82) is 0 Å². The first-order valence-corrected chi connectivity index (χ1v) is 14.8. The summed E-state index contributed by atoms with van der Waals surface area (Å²) in [6.45, 7) is 14.4. The standard InChI is InChI=1S/C29H36ClN7OS/c1-18(2)10-11-31-17-35-12-14-36(15-13-35)25(38)16-24-28-34-33-21(5)37(28)29-26(19(3)20(4)39-29)27(32-24)22-6-8-23(30)9-7-22/h6-9,17-18,24H,10-16H2,1-5H3. The lowest BCUT2D eigenvalue weighted by Gasteiger charge is -2.34. The molecule has 1 fully saturated rings. The number of thiophene rings is 1. The van der Waals surface area contributed by atoms with Crippen molar-refractivity contribution >= 4 is 40.9 Å². The quantitative estimate of drug-likeness (QED) is 0.283. The molecular weight excluding hydrogens is 530 g/mol. The summed E-state index contributed by atoms with van der Waals surface area (Å²) in [5.74, 6) is 2.24. The first-order valence-electron chi connectivity index (χ1n) is 13.6. The summed E-state index contributed by atoms with van der Waals surface area (Å²) in [5.41, 5.74) is 4.10. The number of piperazine rings is 1. The van der Waals surface area contributed by atoms with Gasteiger partial charge in [-0.15, -0.1) is 21.5 Å². The van der Waals surface area contributed by atoms with Crippen LogP contribution in [0.2, 0.25) is 5.02 Å². The number of benzene rings is 1. The molecule has 39 heavy (non-hydrogen) atoms. The van der Waals surface area contributed by atoms with Crippen LogP contribution in [0.3, 0.4) is 0 Å². The minimum absolute atomic E-state index is 0.0842. The predicted molar refractivity (Wildman–Crippen MR) is 159 cm³/mol. The molecular formula is C29H36ClN7OS. The monoisotopic (exact) mass is 565 g/mol. The molecule has 2 aromatic heterocycles. The number of nitrogens with zero attached hydrogens (tertiary/aromatic N) is 7. The fraction of sp³-hybridized carbons (Fsp3) is 0.483. The number of rotatable bonds is 7. The highest BCUT2D eigenvalue weighted by atomic mass is 35.5. The molecule has 0 saturated carbocycles. The van der Waals surface area contributed by atoms with E-state index in [1.807, 2.05) is 42.4 Å². The molecule has 0 radical (unpaired) electrons. The summed E-state index contributed by atoms with van der Waals surface area (Å²) in [4.78, 5) is 28.8. The van der Waals surface area contributed by atoms with Crippen molar-refractivity contribution in [2.45, 2.75) is 53.5 Å². The molecule has 0 aliphatic carbocycles. The molecule has 1 unspecified atom stereocenters. The van der Waals surface area contributed by atoms with Crippen molar-refractivity contribution in [3.8, 4) is 5.00 Å². The van der Waals surface area contributed by atoms with Gasteiger partial charge in [0, 0.05) is 53.8 Å². The molecule has 4 heterocycles. The number of aliphatic imine (C=N–C) groups is 2. The lowest BCUT2D eigenvalue weighted by atomic mass is 9.99. The Morgan fingerprint density at radius 2 is 1.85 bits per heavy atom. The second-order valence-corrected chi connectivity index (χ2v) is 12.4. The average Bonchev–Trinajstić information content (AvgIpc) is 3.39. The van der Waals surface area contributed by atoms with E-state index < -0.39 is 6.04 Å². The van der Waals surface area contributed by atoms with Gasteiger partial charge < -0.3 is 9.80 Å². The zero-order valence-corrected chi connectivity index (χ0v) is 24.9. The van der Waals surface area contributed by atoms with Crippen LogP contribution in [0.5, 0.6) is 0 Å². The summed E-state index contributed by atoms with van der Waals surface area (Å²) >= 11 is 7.93. The molecule has 10 heteroatoms. The van der Waals surface area contributed by atoms with E-state index >= 15 is 0 Å². The Balaban J connectivity index is 1.41. The maximum Gasteiger partial charge on any atom is 0.225 e. The van der Waals surface area contributed by atoms with Crippen LogP contribution >= 0.6 is 22.9 Å². The third-order valence-corrected chi connectivity index (χ3v) is 8.92. The predicted octanol–water partition coefficient (Wildman–Crippen LogP) is 5.41. The number of fused-ring (bicyclic) bond motifs is 3. The summed E-state index contributed by atoms with van der Waals surface area (Å²) in [6, 6.07) is 7.32. The van der Waals surface area contributed by atoms with Gasteiger partial charge in [0.15, 0.2) is 5.82 Å². The normalized spacial score (nSPS) is 17.4. The molecule has 5 rings (SSSR count). The van der Waals surface area contributed by atoms with Crippen LogP contribution in [0, 0.1) is 26.7 Å². The molecule has 3 aromatic rings. The number of hydrogen-bond donors (Lipinski definition) is 0. The van der Waals surface area contributed by atoms with Gasteiger partial charge in [-0.1, -0.05) is 37.6 Å². The Morgan fingerprint density at radius 3 is 2.54 bits per heavy atom. The van der Waals surface area contributed by atoms with Crippen LogP contribution in [-0.2, 0) is 4.79 Å². The lowest BCUT2D eigenvalue weighted by Crippen LogP contribution is -2.48. The number of amides is 1. The number of aromatic nitrogens is 3. The van der Waals surface area contributed by atoms with E-state index in [0.29, 0.717) is 29.9 Å². The van der Waals surface area contributed by atoms with Crippen molar-refractivity contribution in [3.05, 3.63) is 62.5 Å². The molecule has 2 aliphatic rings. The molecule has 1 amide bonds. The van der Waals surface area contributed by atoms with Crippen molar-refractivity contribution in [1.82, 2.24) is 24.6 Å². The fourth-order valence-electron chi connectivity index (χ4n) is 5.02. The highest BCUT2D eigenvalue weighted by Crippen LogP contribution is 2.39. The molecule has 1 atom stereocenters. The van der Waals surface area contributed by atoms with Crippen LogP contribution in [0.25, 0.3) is 5.00 Å². The minimum Gasteiger partial charge on any atom is -0.359 e. The summed E-state index contributed by atoms with van der Waals surface area (Å²) in [7, 11) is 0. The maximum absolute atomic E-state index is 13.6. The number of carbonyl (C=O) groups excluding carboxylic acids is 1. The zero-order valence-electron chi connectivity index (χ0n) is 23.3. The Morgan fingerprint density at radius 1 is 1.13 bits per heavy atom. The van der Waals surface area contributed by atoms with Crippen LogP contribution in [0.1, 0.15) is 65.9 Å². The first-order chi connectivity index (χ1) is 18.7. The Labute approximate surface area is 239 Å². The summed E-state index contributed by atoms with van der Waals surface area (Å²) < 4.78 is 2.09. The van der Waals surface area contributed by atoms with E-state index in [1.54, 1.807) is 11.3 Å². The fourth-order valence-corrected chi connectivity index (χ4v) is 6.36. The van der Waals surface area contributed by atoms with Crippen molar-refractivity contribution < 1.29 is 4.79 Å². The highest BCUT2D eigenvalue weighted by Gasteiger charge is 2.33. The third-order valence-electron chi connectivity index (χ3n) is 7.47. The van der Waals surface area contributed by atoms with Gasteiger partial charge >= 0.3 is 0 Å².